The van der Waals surface area contributed by atoms with Crippen molar-refractivity contribution < 1.29 is 4.79 Å². The smallest absolute Gasteiger partial charge is 0.253 e. The molecule has 0 aliphatic heterocycles. The lowest BCUT2D eigenvalue weighted by molar-refractivity contribution is 0.0892. The van der Waals surface area contributed by atoms with E-state index in [0.717, 1.165) is 12.0 Å². The Morgan fingerprint density at radius 1 is 1.30 bits per heavy atom. The molecular weight excluding hydrogens is 250 g/mol. The van der Waals surface area contributed by atoms with E-state index in [4.69, 9.17) is 5.84 Å². The van der Waals surface area contributed by atoms with Crippen molar-refractivity contribution in [3.8, 4) is 0 Å². The van der Waals surface area contributed by atoms with Gasteiger partial charge in [0.25, 0.3) is 5.91 Å². The molecule has 1 aromatic carbocycles. The third-order valence-electron chi connectivity index (χ3n) is 4.60. The van der Waals surface area contributed by atoms with E-state index >= 15 is 0 Å². The summed E-state index contributed by atoms with van der Waals surface area (Å²) in [7, 11) is 0. The van der Waals surface area contributed by atoms with Gasteiger partial charge in [0.1, 0.15) is 0 Å². The number of carbonyl (C=O) groups excluding carboxylic acids is 1. The molecule has 4 heteroatoms. The first kappa shape index (κ1) is 14.9. The van der Waals surface area contributed by atoms with Gasteiger partial charge in [0.15, 0.2) is 0 Å². The third-order valence-corrected chi connectivity index (χ3v) is 4.60. The minimum atomic E-state index is -0.0346. The van der Waals surface area contributed by atoms with Crippen LogP contribution in [0.25, 0.3) is 0 Å². The first-order valence-corrected chi connectivity index (χ1v) is 7.41. The molecule has 1 saturated carbocycles. The van der Waals surface area contributed by atoms with E-state index in [-0.39, 0.29) is 11.9 Å². The summed E-state index contributed by atoms with van der Waals surface area (Å²) in [5.74, 6) is 6.64. The molecule has 110 valence electrons. The Kier molecular flexibility index (Phi) is 4.65. The van der Waals surface area contributed by atoms with Crippen LogP contribution in [0.1, 0.15) is 49.0 Å². The molecule has 20 heavy (non-hydrogen) atoms. The van der Waals surface area contributed by atoms with Crippen molar-refractivity contribution in [2.75, 3.05) is 5.43 Å². The zero-order valence-electron chi connectivity index (χ0n) is 12.6. The van der Waals surface area contributed by atoms with Crippen LogP contribution in [0.3, 0.4) is 0 Å². The van der Waals surface area contributed by atoms with E-state index in [2.05, 4.69) is 24.6 Å². The molecule has 2 rings (SSSR count). The topological polar surface area (TPSA) is 67.1 Å². The summed E-state index contributed by atoms with van der Waals surface area (Å²) in [6, 6.07) is 5.92. The molecule has 1 fully saturated rings. The number of benzene rings is 1. The third kappa shape index (κ3) is 3.12. The first-order chi connectivity index (χ1) is 9.52. The Bertz CT molecular complexity index is 487. The Morgan fingerprint density at radius 2 is 2.05 bits per heavy atom. The summed E-state index contributed by atoms with van der Waals surface area (Å²) < 4.78 is 0. The summed E-state index contributed by atoms with van der Waals surface area (Å²) in [6.07, 6.45) is 3.51. The second-order valence-corrected chi connectivity index (χ2v) is 6.04. The molecule has 3 unspecified atom stereocenters. The number of anilines is 1. The van der Waals surface area contributed by atoms with Crippen LogP contribution in [0.2, 0.25) is 0 Å². The summed E-state index contributed by atoms with van der Waals surface area (Å²) in [6.45, 7) is 6.47. The fraction of sp³-hybridized carbons (Fsp3) is 0.562. The van der Waals surface area contributed by atoms with E-state index in [1.165, 1.54) is 12.8 Å². The number of hydrogen-bond donors (Lipinski definition) is 3. The van der Waals surface area contributed by atoms with E-state index < -0.39 is 0 Å². The molecule has 0 heterocycles. The van der Waals surface area contributed by atoms with Crippen molar-refractivity contribution in [3.05, 3.63) is 29.3 Å². The van der Waals surface area contributed by atoms with Crippen molar-refractivity contribution in [1.29, 1.82) is 0 Å². The van der Waals surface area contributed by atoms with Crippen LogP contribution in [-0.4, -0.2) is 11.9 Å². The number of hydrogen-bond acceptors (Lipinski definition) is 3. The number of nitrogen functional groups attached to an aromatic ring is 1. The fourth-order valence-electron chi connectivity index (χ4n) is 3.00. The fourth-order valence-corrected chi connectivity index (χ4v) is 3.00. The second-order valence-electron chi connectivity index (χ2n) is 6.04. The predicted octanol–water partition coefficient (Wildman–Crippen LogP) is 2.84. The van der Waals surface area contributed by atoms with Crippen molar-refractivity contribution in [2.45, 2.75) is 46.1 Å². The van der Waals surface area contributed by atoms with Crippen molar-refractivity contribution in [2.24, 2.45) is 17.7 Å². The number of aryl methyl sites for hydroxylation is 1. The Hall–Kier alpha value is -1.55. The number of nitrogens with two attached hydrogens (primary N) is 1. The van der Waals surface area contributed by atoms with E-state index in [1.54, 1.807) is 0 Å². The van der Waals surface area contributed by atoms with Crippen LogP contribution in [0, 0.1) is 18.8 Å². The van der Waals surface area contributed by atoms with Crippen molar-refractivity contribution >= 4 is 11.6 Å². The summed E-state index contributed by atoms with van der Waals surface area (Å²) in [4.78, 5) is 12.5. The molecule has 0 bridgehead atoms. The zero-order valence-corrected chi connectivity index (χ0v) is 12.6. The Morgan fingerprint density at radius 3 is 2.75 bits per heavy atom. The maximum atomic E-state index is 12.5. The van der Waals surface area contributed by atoms with Gasteiger partial charge in [0, 0.05) is 6.04 Å². The standard InChI is InChI=1S/C16H25N3O/c1-10-7-8-15(19-17)13(9-10)16(20)18-14-6-4-5-11(2)12(14)3/h7-9,11-12,14,19H,4-6,17H2,1-3H3,(H,18,20). The van der Waals surface area contributed by atoms with Gasteiger partial charge in [0.2, 0.25) is 0 Å². The number of nitrogens with one attached hydrogen (secondary N) is 2. The van der Waals surface area contributed by atoms with Gasteiger partial charge in [-0.25, -0.2) is 0 Å². The SMILES string of the molecule is Cc1ccc(NN)c(C(=O)NC2CCCC(C)C2C)c1. The minimum absolute atomic E-state index is 0.0346. The van der Waals surface area contributed by atoms with Crippen LogP contribution in [0.4, 0.5) is 5.69 Å². The highest BCUT2D eigenvalue weighted by Gasteiger charge is 2.28. The van der Waals surface area contributed by atoms with Gasteiger partial charge in [-0.1, -0.05) is 38.3 Å². The van der Waals surface area contributed by atoms with Gasteiger partial charge < -0.3 is 10.7 Å². The molecule has 0 radical (unpaired) electrons. The molecule has 0 aromatic heterocycles. The lowest BCUT2D eigenvalue weighted by Gasteiger charge is -2.34. The molecule has 1 aromatic rings. The van der Waals surface area contributed by atoms with Crippen LogP contribution in [0.15, 0.2) is 18.2 Å². The maximum Gasteiger partial charge on any atom is 0.253 e. The van der Waals surface area contributed by atoms with Crippen LogP contribution < -0.4 is 16.6 Å². The minimum Gasteiger partial charge on any atom is -0.349 e. The Labute approximate surface area is 121 Å². The lowest BCUT2D eigenvalue weighted by Crippen LogP contribution is -2.43. The average molecular weight is 275 g/mol. The monoisotopic (exact) mass is 275 g/mol. The van der Waals surface area contributed by atoms with Gasteiger partial charge in [0.05, 0.1) is 11.3 Å². The summed E-state index contributed by atoms with van der Waals surface area (Å²) in [5.41, 5.74) is 4.95. The summed E-state index contributed by atoms with van der Waals surface area (Å²) >= 11 is 0. The van der Waals surface area contributed by atoms with E-state index in [1.807, 2.05) is 25.1 Å². The van der Waals surface area contributed by atoms with Crippen molar-refractivity contribution in [3.63, 3.8) is 0 Å². The maximum absolute atomic E-state index is 12.5. The molecule has 4 N–H and O–H groups in total. The zero-order chi connectivity index (χ0) is 14.7. The average Bonchev–Trinajstić information content (AvgIpc) is 2.43. The molecule has 1 aliphatic carbocycles. The van der Waals surface area contributed by atoms with Gasteiger partial charge in [-0.3, -0.25) is 10.6 Å². The molecule has 1 aliphatic rings. The van der Waals surface area contributed by atoms with Gasteiger partial charge in [-0.2, -0.15) is 0 Å². The first-order valence-electron chi connectivity index (χ1n) is 7.41. The molecule has 0 spiro atoms. The number of rotatable bonds is 3. The number of amides is 1. The second kappa shape index (κ2) is 6.27. The molecule has 0 saturated heterocycles. The van der Waals surface area contributed by atoms with Crippen LogP contribution in [0.5, 0.6) is 0 Å². The molecular formula is C16H25N3O. The summed E-state index contributed by atoms with van der Waals surface area (Å²) in [5, 5.41) is 3.18. The number of carbonyl (C=O) groups is 1. The van der Waals surface area contributed by atoms with E-state index in [0.29, 0.717) is 23.1 Å². The molecule has 4 nitrogen and oxygen atoms in total. The van der Waals surface area contributed by atoms with Gasteiger partial charge in [-0.15, -0.1) is 0 Å². The quantitative estimate of drug-likeness (QED) is 0.587. The van der Waals surface area contributed by atoms with Gasteiger partial charge in [-0.05, 0) is 37.3 Å². The molecule has 1 amide bonds. The number of hydrazine groups is 1. The molecule has 3 atom stereocenters. The normalized spacial score (nSPS) is 26.1. The van der Waals surface area contributed by atoms with Crippen LogP contribution >= 0.6 is 0 Å². The highest BCUT2D eigenvalue weighted by atomic mass is 16.1. The highest BCUT2D eigenvalue weighted by molar-refractivity contribution is 5.99. The lowest BCUT2D eigenvalue weighted by atomic mass is 9.78. The Balaban J connectivity index is 2.13. The van der Waals surface area contributed by atoms with Crippen molar-refractivity contribution in [1.82, 2.24) is 5.32 Å². The van der Waals surface area contributed by atoms with Gasteiger partial charge >= 0.3 is 0 Å². The largest absolute Gasteiger partial charge is 0.349 e. The van der Waals surface area contributed by atoms with E-state index in [9.17, 15) is 4.79 Å². The predicted molar refractivity (Wildman–Crippen MR) is 82.4 cm³/mol. The highest BCUT2D eigenvalue weighted by Crippen LogP contribution is 2.30. The van der Waals surface area contributed by atoms with Crippen LogP contribution in [-0.2, 0) is 0 Å².